The summed E-state index contributed by atoms with van der Waals surface area (Å²) in [5, 5.41) is 5.32. The van der Waals surface area contributed by atoms with Crippen LogP contribution in [0, 0.1) is 6.92 Å². The van der Waals surface area contributed by atoms with E-state index in [1.807, 2.05) is 62.3 Å². The Kier molecular flexibility index (Phi) is 8.80. The molecule has 0 unspecified atom stereocenters. The van der Waals surface area contributed by atoms with Gasteiger partial charge in [-0.1, -0.05) is 18.2 Å². The fourth-order valence-corrected chi connectivity index (χ4v) is 3.62. The monoisotopic (exact) mass is 529 g/mol. The highest BCUT2D eigenvalue weighted by Gasteiger charge is 2.14. The van der Waals surface area contributed by atoms with Gasteiger partial charge >= 0.3 is 6.09 Å². The fraction of sp³-hybridized carbons (Fsp3) is 0.207. The molecule has 0 aliphatic rings. The molecule has 202 valence electrons. The molecule has 10 nitrogen and oxygen atoms in total. The number of benzene rings is 2. The summed E-state index contributed by atoms with van der Waals surface area (Å²) < 4.78 is 16.9. The molecule has 0 saturated carbocycles. The van der Waals surface area contributed by atoms with Crippen LogP contribution < -0.4 is 24.8 Å². The molecule has 0 aliphatic heterocycles. The van der Waals surface area contributed by atoms with Crippen molar-refractivity contribution in [1.29, 1.82) is 0 Å². The van der Waals surface area contributed by atoms with Crippen molar-refractivity contribution in [2.45, 2.75) is 6.92 Å². The number of likely N-dealkylation sites (N-methyl/N-ethyl adjacent to an activating group) is 1. The molecule has 4 rings (SSSR count). The van der Waals surface area contributed by atoms with E-state index in [1.165, 1.54) is 19.3 Å². The summed E-state index contributed by atoms with van der Waals surface area (Å²) >= 11 is 0. The summed E-state index contributed by atoms with van der Waals surface area (Å²) in [5.74, 6) is 1.47. The van der Waals surface area contributed by atoms with E-state index in [1.54, 1.807) is 24.4 Å². The number of pyridine rings is 1. The summed E-state index contributed by atoms with van der Waals surface area (Å²) in [6, 6.07) is 18.1. The first-order valence-electron chi connectivity index (χ1n) is 12.3. The van der Waals surface area contributed by atoms with Crippen LogP contribution in [0.25, 0.3) is 11.1 Å². The lowest BCUT2D eigenvalue weighted by molar-refractivity contribution is 0.102. The highest BCUT2D eigenvalue weighted by atomic mass is 16.6. The molecule has 0 bridgehead atoms. The zero-order chi connectivity index (χ0) is 27.8. The minimum absolute atomic E-state index is 0.115. The van der Waals surface area contributed by atoms with Crippen molar-refractivity contribution in [3.8, 4) is 34.3 Å². The van der Waals surface area contributed by atoms with E-state index in [9.17, 15) is 9.59 Å². The number of nitrogens with one attached hydrogen (secondary N) is 3. The number of aryl methyl sites for hydroxylation is 1. The van der Waals surface area contributed by atoms with Gasteiger partial charge in [-0.15, -0.1) is 0 Å². The van der Waals surface area contributed by atoms with Crippen LogP contribution in [0.5, 0.6) is 23.1 Å². The van der Waals surface area contributed by atoms with Crippen LogP contribution >= 0.6 is 0 Å². The predicted molar refractivity (Wildman–Crippen MR) is 149 cm³/mol. The van der Waals surface area contributed by atoms with E-state index in [2.05, 4.69) is 20.6 Å². The van der Waals surface area contributed by atoms with Crippen LogP contribution in [-0.2, 0) is 0 Å². The van der Waals surface area contributed by atoms with Crippen molar-refractivity contribution < 1.29 is 23.8 Å². The van der Waals surface area contributed by atoms with Crippen molar-refractivity contribution in [2.75, 3.05) is 39.6 Å². The molecule has 3 N–H and O–H groups in total. The number of H-pyrrole nitrogens is 1. The molecule has 0 atom stereocenters. The van der Waals surface area contributed by atoms with Crippen LogP contribution in [0.15, 0.2) is 73.1 Å². The molecule has 4 aromatic rings. The van der Waals surface area contributed by atoms with Gasteiger partial charge in [-0.05, 0) is 68.5 Å². The van der Waals surface area contributed by atoms with Crippen LogP contribution in [0.3, 0.4) is 0 Å². The third-order valence-electron chi connectivity index (χ3n) is 5.62. The van der Waals surface area contributed by atoms with Crippen LogP contribution in [0.2, 0.25) is 0 Å². The standard InChI is InChI=1S/C29H31N5O5/c1-19-8-9-26(37-13-12-34(3)4)24(14-19)33-28(35)25-16-21(18-32-25)20-6-5-7-22(15-20)38-23-10-11-31-27(17-23)39-29(36)30-2/h5-11,14-18,32H,12-13H2,1-4H3,(H,30,36)(H,33,35). The highest BCUT2D eigenvalue weighted by Crippen LogP contribution is 2.30. The Morgan fingerprint density at radius 2 is 1.82 bits per heavy atom. The van der Waals surface area contributed by atoms with Crippen LogP contribution in [0.1, 0.15) is 16.1 Å². The number of amides is 2. The minimum Gasteiger partial charge on any atom is -0.490 e. The molecule has 0 aliphatic carbocycles. The minimum atomic E-state index is -0.621. The molecule has 0 radical (unpaired) electrons. The second-order valence-corrected chi connectivity index (χ2v) is 9.01. The van der Waals surface area contributed by atoms with Gasteiger partial charge in [0.25, 0.3) is 5.91 Å². The fourth-order valence-electron chi connectivity index (χ4n) is 3.62. The number of hydrogen-bond donors (Lipinski definition) is 3. The van der Waals surface area contributed by atoms with Crippen molar-refractivity contribution in [3.63, 3.8) is 0 Å². The SMILES string of the molecule is CNC(=O)Oc1cc(Oc2cccc(-c3c[nH]c(C(=O)Nc4cc(C)ccc4OCCN(C)C)c3)c2)ccn1. The van der Waals surface area contributed by atoms with Crippen LogP contribution in [-0.4, -0.2) is 61.2 Å². The smallest absolute Gasteiger partial charge is 0.413 e. The van der Waals surface area contributed by atoms with Gasteiger partial charge in [-0.3, -0.25) is 4.79 Å². The number of carbonyl (C=O) groups excluding carboxylic acids is 2. The Labute approximate surface area is 226 Å². The average molecular weight is 530 g/mol. The van der Waals surface area contributed by atoms with E-state index in [0.29, 0.717) is 35.2 Å². The Morgan fingerprint density at radius 1 is 1.00 bits per heavy atom. The first kappa shape index (κ1) is 27.2. The second kappa shape index (κ2) is 12.6. The van der Waals surface area contributed by atoms with Gasteiger partial charge in [0.05, 0.1) is 5.69 Å². The normalized spacial score (nSPS) is 10.7. The topological polar surface area (TPSA) is 118 Å². The van der Waals surface area contributed by atoms with Crippen molar-refractivity contribution in [1.82, 2.24) is 20.2 Å². The van der Waals surface area contributed by atoms with E-state index in [4.69, 9.17) is 14.2 Å². The maximum Gasteiger partial charge on any atom is 0.413 e. The molecule has 39 heavy (non-hydrogen) atoms. The van der Waals surface area contributed by atoms with Gasteiger partial charge in [-0.2, -0.15) is 0 Å². The predicted octanol–water partition coefficient (Wildman–Crippen LogP) is 5.09. The molecular formula is C29H31N5O5. The Hall–Kier alpha value is -4.83. The number of ether oxygens (including phenoxy) is 3. The Balaban J connectivity index is 1.45. The average Bonchev–Trinajstić information content (AvgIpc) is 3.41. The number of carbonyl (C=O) groups is 2. The van der Waals surface area contributed by atoms with Gasteiger partial charge < -0.3 is 34.7 Å². The zero-order valence-corrected chi connectivity index (χ0v) is 22.3. The van der Waals surface area contributed by atoms with Crippen molar-refractivity contribution >= 4 is 17.7 Å². The van der Waals surface area contributed by atoms with Crippen LogP contribution in [0.4, 0.5) is 10.5 Å². The third kappa shape index (κ3) is 7.59. The maximum absolute atomic E-state index is 13.1. The van der Waals surface area contributed by atoms with Crippen molar-refractivity contribution in [3.05, 3.63) is 84.3 Å². The number of rotatable bonds is 10. The van der Waals surface area contributed by atoms with E-state index >= 15 is 0 Å². The van der Waals surface area contributed by atoms with Gasteiger partial charge in [0.15, 0.2) is 0 Å². The molecule has 0 spiro atoms. The lowest BCUT2D eigenvalue weighted by Gasteiger charge is -2.15. The first-order valence-corrected chi connectivity index (χ1v) is 12.3. The Morgan fingerprint density at radius 3 is 2.62 bits per heavy atom. The number of hydrogen-bond acceptors (Lipinski definition) is 7. The lowest BCUT2D eigenvalue weighted by Crippen LogP contribution is -2.22. The number of nitrogens with zero attached hydrogens (tertiary/aromatic N) is 2. The third-order valence-corrected chi connectivity index (χ3v) is 5.62. The zero-order valence-electron chi connectivity index (χ0n) is 22.3. The summed E-state index contributed by atoms with van der Waals surface area (Å²) in [5.41, 5.74) is 3.69. The first-order chi connectivity index (χ1) is 18.8. The molecular weight excluding hydrogens is 498 g/mol. The molecule has 10 heteroatoms. The number of aromatic nitrogens is 2. The molecule has 2 heterocycles. The number of anilines is 1. The quantitative estimate of drug-likeness (QED) is 0.262. The lowest BCUT2D eigenvalue weighted by atomic mass is 10.1. The summed E-state index contributed by atoms with van der Waals surface area (Å²) in [7, 11) is 5.42. The molecule has 0 saturated heterocycles. The van der Waals surface area contributed by atoms with Gasteiger partial charge in [0.2, 0.25) is 5.88 Å². The second-order valence-electron chi connectivity index (χ2n) is 9.01. The Bertz CT molecular complexity index is 1450. The van der Waals surface area contributed by atoms with Crippen molar-refractivity contribution in [2.24, 2.45) is 0 Å². The molecule has 2 aromatic heterocycles. The molecule has 2 aromatic carbocycles. The van der Waals surface area contributed by atoms with E-state index in [0.717, 1.165) is 23.2 Å². The maximum atomic E-state index is 13.1. The van der Waals surface area contributed by atoms with Gasteiger partial charge in [0.1, 0.15) is 29.5 Å². The summed E-state index contributed by atoms with van der Waals surface area (Å²) in [6.07, 6.45) is 2.63. The summed E-state index contributed by atoms with van der Waals surface area (Å²) in [4.78, 5) is 33.6. The molecule has 0 fully saturated rings. The molecule has 2 amide bonds. The highest BCUT2D eigenvalue weighted by molar-refractivity contribution is 6.04. The van der Waals surface area contributed by atoms with Gasteiger partial charge in [-0.25, -0.2) is 9.78 Å². The van der Waals surface area contributed by atoms with E-state index in [-0.39, 0.29) is 11.8 Å². The van der Waals surface area contributed by atoms with Gasteiger partial charge in [0, 0.05) is 37.6 Å². The summed E-state index contributed by atoms with van der Waals surface area (Å²) in [6.45, 7) is 3.23. The van der Waals surface area contributed by atoms with E-state index < -0.39 is 6.09 Å². The largest absolute Gasteiger partial charge is 0.490 e. The number of aromatic amines is 1.